The number of ketones is 1. The van der Waals surface area contributed by atoms with Crippen LogP contribution >= 0.6 is 0 Å². The fourth-order valence-corrected chi connectivity index (χ4v) is 4.05. The average molecular weight is 486 g/mol. The fourth-order valence-electron chi connectivity index (χ4n) is 4.05. The molecular formula is C30H29F2N3O. The summed E-state index contributed by atoms with van der Waals surface area (Å²) in [5, 5.41) is 3.44. The topological polar surface area (TPSA) is 54.9 Å². The molecule has 0 spiro atoms. The van der Waals surface area contributed by atoms with Gasteiger partial charge < -0.3 is 5.32 Å². The van der Waals surface area contributed by atoms with Crippen LogP contribution in [0.1, 0.15) is 48.6 Å². The first-order valence-electron chi connectivity index (χ1n) is 12.1. The highest BCUT2D eigenvalue weighted by atomic mass is 19.3. The van der Waals surface area contributed by atoms with Gasteiger partial charge in [-0.2, -0.15) is 0 Å². The van der Waals surface area contributed by atoms with Gasteiger partial charge in [0.2, 0.25) is 0 Å². The van der Waals surface area contributed by atoms with E-state index in [4.69, 9.17) is 0 Å². The normalized spacial score (nSPS) is 12.2. The Bertz CT molecular complexity index is 1290. The van der Waals surface area contributed by atoms with Gasteiger partial charge in [-0.3, -0.25) is 9.78 Å². The summed E-state index contributed by atoms with van der Waals surface area (Å²) in [6, 6.07) is 23.9. The Hall–Kier alpha value is -3.93. The first-order chi connectivity index (χ1) is 17.4. The highest BCUT2D eigenvalue weighted by molar-refractivity contribution is 5.83. The van der Waals surface area contributed by atoms with Crippen LogP contribution in [0.5, 0.6) is 0 Å². The molecule has 0 amide bonds. The number of anilines is 1. The number of nitrogens with one attached hydrogen (secondary N) is 1. The number of benzene rings is 3. The van der Waals surface area contributed by atoms with Gasteiger partial charge in [0, 0.05) is 42.8 Å². The lowest BCUT2D eigenvalue weighted by molar-refractivity contribution is -0.117. The molecule has 0 saturated carbocycles. The minimum absolute atomic E-state index is 0.0205. The lowest BCUT2D eigenvalue weighted by atomic mass is 9.99. The highest BCUT2D eigenvalue weighted by Gasteiger charge is 2.28. The lowest BCUT2D eigenvalue weighted by Gasteiger charge is -2.17. The van der Waals surface area contributed by atoms with Gasteiger partial charge in [0.05, 0.1) is 6.04 Å². The van der Waals surface area contributed by atoms with Crippen LogP contribution in [0, 0.1) is 0 Å². The van der Waals surface area contributed by atoms with Crippen LogP contribution in [0.2, 0.25) is 0 Å². The quantitative estimate of drug-likeness (QED) is 0.259. The zero-order valence-corrected chi connectivity index (χ0v) is 20.4. The summed E-state index contributed by atoms with van der Waals surface area (Å²) in [6.07, 6.45) is 3.54. The van der Waals surface area contributed by atoms with Gasteiger partial charge in [0.15, 0.2) is 5.82 Å². The van der Waals surface area contributed by atoms with Crippen molar-refractivity contribution in [1.82, 2.24) is 9.97 Å². The third kappa shape index (κ3) is 6.19. The number of alkyl halides is 2. The van der Waals surface area contributed by atoms with E-state index < -0.39 is 5.92 Å². The van der Waals surface area contributed by atoms with Crippen LogP contribution in [0.25, 0.3) is 11.3 Å². The van der Waals surface area contributed by atoms with Gasteiger partial charge in [0.25, 0.3) is 5.92 Å². The zero-order chi connectivity index (χ0) is 25.5. The summed E-state index contributed by atoms with van der Waals surface area (Å²) in [4.78, 5) is 21.6. The molecule has 0 aliphatic carbocycles. The molecule has 1 N–H and O–H groups in total. The number of halogens is 2. The van der Waals surface area contributed by atoms with E-state index >= 15 is 0 Å². The zero-order valence-electron chi connectivity index (χ0n) is 20.4. The van der Waals surface area contributed by atoms with Crippen molar-refractivity contribution >= 4 is 11.6 Å². The van der Waals surface area contributed by atoms with Crippen molar-refractivity contribution in [3.63, 3.8) is 0 Å². The fraction of sp³-hybridized carbons (Fsp3) is 0.233. The monoisotopic (exact) mass is 485 g/mol. The minimum atomic E-state index is -2.84. The maximum Gasteiger partial charge on any atom is 0.273 e. The van der Waals surface area contributed by atoms with E-state index in [9.17, 15) is 13.6 Å². The second-order valence-corrected chi connectivity index (χ2v) is 8.87. The van der Waals surface area contributed by atoms with Crippen molar-refractivity contribution in [2.24, 2.45) is 0 Å². The second kappa shape index (κ2) is 11.2. The maximum atomic E-state index is 13.8. The Balaban J connectivity index is 1.41. The number of nitrogens with zero attached hydrogens (tertiary/aromatic N) is 2. The number of carbonyl (C=O) groups is 1. The first kappa shape index (κ1) is 25.2. The summed E-state index contributed by atoms with van der Waals surface area (Å²) in [6.45, 7) is 3.53. The summed E-state index contributed by atoms with van der Waals surface area (Å²) in [5.41, 5.74) is 4.38. The molecule has 1 unspecified atom stereocenters. The van der Waals surface area contributed by atoms with Gasteiger partial charge in [-0.25, -0.2) is 13.8 Å². The second-order valence-electron chi connectivity index (χ2n) is 8.87. The summed E-state index contributed by atoms with van der Waals surface area (Å²) < 4.78 is 27.6. The van der Waals surface area contributed by atoms with E-state index in [2.05, 4.69) is 34.3 Å². The lowest BCUT2D eigenvalue weighted by Crippen LogP contribution is -2.12. The van der Waals surface area contributed by atoms with E-state index in [0.29, 0.717) is 5.82 Å². The molecule has 1 aromatic heterocycles. The van der Waals surface area contributed by atoms with E-state index in [-0.39, 0.29) is 36.7 Å². The molecule has 0 aliphatic heterocycles. The number of carbonyl (C=O) groups excluding carboxylic acids is 1. The van der Waals surface area contributed by atoms with Gasteiger partial charge in [0.1, 0.15) is 11.5 Å². The Morgan fingerprint density at radius 3 is 2.06 bits per heavy atom. The molecule has 1 atom stereocenters. The van der Waals surface area contributed by atoms with E-state index in [1.54, 1.807) is 24.5 Å². The average Bonchev–Trinajstić information content (AvgIpc) is 2.90. The smallest absolute Gasteiger partial charge is 0.273 e. The molecule has 0 bridgehead atoms. The minimum Gasteiger partial charge on any atom is -0.362 e. The number of Topliss-reactive ketones (excluding diaryl/α,β-unsaturated/α-hetero) is 1. The summed E-state index contributed by atoms with van der Waals surface area (Å²) in [7, 11) is 0. The first-order valence-corrected chi connectivity index (χ1v) is 12.1. The molecule has 0 radical (unpaired) electrons. The molecular weight excluding hydrogens is 456 g/mol. The SMILES string of the molecule is CCC(F)(F)c1ccc(CC(=O)Cc2ccc(-c3nccnc3NC(C)c3ccccc3)cc2)cc1. The Morgan fingerprint density at radius 2 is 1.44 bits per heavy atom. The van der Waals surface area contributed by atoms with E-state index in [1.807, 2.05) is 42.5 Å². The van der Waals surface area contributed by atoms with Crippen LogP contribution in [0.3, 0.4) is 0 Å². The molecule has 4 rings (SSSR count). The Kier molecular flexibility index (Phi) is 7.84. The predicted molar refractivity (Wildman–Crippen MR) is 139 cm³/mol. The highest BCUT2D eigenvalue weighted by Crippen LogP contribution is 2.31. The Morgan fingerprint density at radius 1 is 0.861 bits per heavy atom. The molecule has 6 heteroatoms. The largest absolute Gasteiger partial charge is 0.362 e. The van der Waals surface area contributed by atoms with E-state index in [0.717, 1.165) is 27.9 Å². The number of hydrogen-bond donors (Lipinski definition) is 1. The number of rotatable bonds is 10. The van der Waals surface area contributed by atoms with Crippen LogP contribution in [-0.2, 0) is 23.6 Å². The van der Waals surface area contributed by atoms with Crippen LogP contribution in [0.4, 0.5) is 14.6 Å². The van der Waals surface area contributed by atoms with Crippen molar-refractivity contribution in [2.45, 2.75) is 45.1 Å². The van der Waals surface area contributed by atoms with Crippen molar-refractivity contribution in [3.05, 3.63) is 114 Å². The number of hydrogen-bond acceptors (Lipinski definition) is 4. The number of aromatic nitrogens is 2. The Labute approximate surface area is 210 Å². The molecule has 36 heavy (non-hydrogen) atoms. The van der Waals surface area contributed by atoms with Crippen molar-refractivity contribution in [1.29, 1.82) is 0 Å². The summed E-state index contributed by atoms with van der Waals surface area (Å²) >= 11 is 0. The van der Waals surface area contributed by atoms with Crippen molar-refractivity contribution in [2.75, 3.05) is 5.32 Å². The van der Waals surface area contributed by atoms with Gasteiger partial charge in [-0.15, -0.1) is 0 Å². The molecule has 1 heterocycles. The molecule has 4 nitrogen and oxygen atoms in total. The molecule has 3 aromatic carbocycles. The predicted octanol–water partition coefficient (Wildman–Crippen LogP) is 7.17. The van der Waals surface area contributed by atoms with Crippen molar-refractivity contribution in [3.8, 4) is 11.3 Å². The van der Waals surface area contributed by atoms with Crippen LogP contribution in [0.15, 0.2) is 91.3 Å². The molecule has 0 aliphatic rings. The molecule has 0 saturated heterocycles. The van der Waals surface area contributed by atoms with Gasteiger partial charge in [-0.1, -0.05) is 85.8 Å². The third-order valence-electron chi connectivity index (χ3n) is 6.20. The molecule has 4 aromatic rings. The standard InChI is InChI=1S/C30H29F2N3O/c1-3-30(31,32)26-15-11-23(12-16-26)20-27(36)19-22-9-13-25(14-10-22)28-29(34-18-17-33-28)35-21(2)24-7-5-4-6-8-24/h4-18,21H,3,19-20H2,1-2H3,(H,34,35). The van der Waals surface area contributed by atoms with Gasteiger partial charge in [-0.05, 0) is 23.6 Å². The van der Waals surface area contributed by atoms with Crippen LogP contribution in [-0.4, -0.2) is 15.8 Å². The summed E-state index contributed by atoms with van der Waals surface area (Å²) in [5.74, 6) is -2.13. The molecule has 0 fully saturated rings. The maximum absolute atomic E-state index is 13.8. The van der Waals surface area contributed by atoms with Gasteiger partial charge >= 0.3 is 0 Å². The third-order valence-corrected chi connectivity index (χ3v) is 6.20. The van der Waals surface area contributed by atoms with E-state index in [1.165, 1.54) is 19.1 Å². The van der Waals surface area contributed by atoms with Crippen molar-refractivity contribution < 1.29 is 13.6 Å². The van der Waals surface area contributed by atoms with Crippen LogP contribution < -0.4 is 5.32 Å². The molecule has 184 valence electrons.